The Morgan fingerprint density at radius 1 is 0.952 bits per heavy atom. The molecular formula is C17H12BrN3. The molecule has 1 aromatic heterocycles. The largest absolute Gasteiger partial charge is 0.397 e. The second-order valence-corrected chi connectivity index (χ2v) is 5.95. The van der Waals surface area contributed by atoms with Crippen LogP contribution in [0.2, 0.25) is 0 Å². The third kappa shape index (κ3) is 2.08. The van der Waals surface area contributed by atoms with Crippen LogP contribution in [0.1, 0.15) is 0 Å². The van der Waals surface area contributed by atoms with Crippen molar-refractivity contribution in [2.75, 3.05) is 5.73 Å². The van der Waals surface area contributed by atoms with E-state index in [0.29, 0.717) is 5.69 Å². The van der Waals surface area contributed by atoms with Crippen molar-refractivity contribution in [1.29, 1.82) is 0 Å². The molecule has 0 spiro atoms. The van der Waals surface area contributed by atoms with E-state index in [9.17, 15) is 0 Å². The standard InChI is InChI=1S/C17H12BrN3/c18-13-8-14(19)16-15(9-13)20-17(21-16)12-6-5-10-3-1-2-4-11(10)7-12/h1-9H,19H2,(H,20,21). The van der Waals surface area contributed by atoms with Gasteiger partial charge in [0.1, 0.15) is 11.3 Å². The third-order valence-electron chi connectivity index (χ3n) is 3.60. The first-order chi connectivity index (χ1) is 10.2. The van der Waals surface area contributed by atoms with Gasteiger partial charge < -0.3 is 10.7 Å². The van der Waals surface area contributed by atoms with Crippen molar-refractivity contribution in [2.24, 2.45) is 0 Å². The fraction of sp³-hybridized carbons (Fsp3) is 0. The van der Waals surface area contributed by atoms with Gasteiger partial charge in [0.2, 0.25) is 0 Å². The highest BCUT2D eigenvalue weighted by Gasteiger charge is 2.09. The van der Waals surface area contributed by atoms with Gasteiger partial charge in [0.25, 0.3) is 0 Å². The molecule has 4 rings (SSSR count). The zero-order valence-corrected chi connectivity index (χ0v) is 12.7. The number of nitrogens with two attached hydrogens (primary N) is 1. The summed E-state index contributed by atoms with van der Waals surface area (Å²) in [5.41, 5.74) is 9.49. The second kappa shape index (κ2) is 4.60. The van der Waals surface area contributed by atoms with E-state index in [2.05, 4.69) is 56.2 Å². The molecule has 0 atom stereocenters. The molecule has 3 N–H and O–H groups in total. The lowest BCUT2D eigenvalue weighted by Crippen LogP contribution is -1.86. The maximum Gasteiger partial charge on any atom is 0.138 e. The minimum Gasteiger partial charge on any atom is -0.397 e. The number of nitrogens with one attached hydrogen (secondary N) is 1. The van der Waals surface area contributed by atoms with Crippen LogP contribution in [0.4, 0.5) is 5.69 Å². The number of hydrogen-bond donors (Lipinski definition) is 2. The highest BCUT2D eigenvalue weighted by Crippen LogP contribution is 2.29. The number of anilines is 1. The topological polar surface area (TPSA) is 54.7 Å². The number of nitrogen functional groups attached to an aromatic ring is 1. The molecular weight excluding hydrogens is 326 g/mol. The molecule has 0 radical (unpaired) electrons. The predicted octanol–water partition coefficient (Wildman–Crippen LogP) is 4.73. The highest BCUT2D eigenvalue weighted by atomic mass is 79.9. The maximum atomic E-state index is 6.03. The normalized spacial score (nSPS) is 11.3. The number of aromatic nitrogens is 2. The molecule has 0 aliphatic carbocycles. The summed E-state index contributed by atoms with van der Waals surface area (Å²) in [6.07, 6.45) is 0. The minimum absolute atomic E-state index is 0.669. The fourth-order valence-electron chi connectivity index (χ4n) is 2.58. The zero-order valence-electron chi connectivity index (χ0n) is 11.1. The Hall–Kier alpha value is -2.33. The Morgan fingerprint density at radius 2 is 1.76 bits per heavy atom. The van der Waals surface area contributed by atoms with Crippen molar-refractivity contribution in [2.45, 2.75) is 0 Å². The van der Waals surface area contributed by atoms with Crippen molar-refractivity contribution in [3.63, 3.8) is 0 Å². The van der Waals surface area contributed by atoms with Gasteiger partial charge in [-0.15, -0.1) is 0 Å². The molecule has 3 aromatic carbocycles. The summed E-state index contributed by atoms with van der Waals surface area (Å²) in [4.78, 5) is 7.97. The van der Waals surface area contributed by atoms with Crippen LogP contribution in [-0.2, 0) is 0 Å². The number of aromatic amines is 1. The lowest BCUT2D eigenvalue weighted by Gasteiger charge is -2.00. The first-order valence-electron chi connectivity index (χ1n) is 6.64. The zero-order chi connectivity index (χ0) is 14.4. The lowest BCUT2D eigenvalue weighted by molar-refractivity contribution is 1.34. The first kappa shape index (κ1) is 12.4. The van der Waals surface area contributed by atoms with E-state index in [0.717, 1.165) is 26.9 Å². The number of fused-ring (bicyclic) bond motifs is 2. The Morgan fingerprint density at radius 3 is 2.62 bits per heavy atom. The Balaban J connectivity index is 1.93. The molecule has 0 fully saturated rings. The van der Waals surface area contributed by atoms with Crippen LogP contribution in [0.15, 0.2) is 59.1 Å². The van der Waals surface area contributed by atoms with Gasteiger partial charge in [-0.2, -0.15) is 0 Å². The number of halogens is 1. The fourth-order valence-corrected chi connectivity index (χ4v) is 3.06. The van der Waals surface area contributed by atoms with Gasteiger partial charge in [-0.3, -0.25) is 0 Å². The molecule has 0 unspecified atom stereocenters. The first-order valence-corrected chi connectivity index (χ1v) is 7.44. The molecule has 0 saturated heterocycles. The Labute approximate surface area is 129 Å². The van der Waals surface area contributed by atoms with Crippen LogP contribution in [0.3, 0.4) is 0 Å². The quantitative estimate of drug-likeness (QED) is 0.493. The monoisotopic (exact) mass is 337 g/mol. The molecule has 0 bridgehead atoms. The average molecular weight is 338 g/mol. The summed E-state index contributed by atoms with van der Waals surface area (Å²) in [5.74, 6) is 0.834. The second-order valence-electron chi connectivity index (χ2n) is 5.04. The molecule has 0 aliphatic heterocycles. The molecule has 0 aliphatic rings. The van der Waals surface area contributed by atoms with Crippen LogP contribution in [-0.4, -0.2) is 9.97 Å². The molecule has 21 heavy (non-hydrogen) atoms. The van der Waals surface area contributed by atoms with Crippen molar-refractivity contribution < 1.29 is 0 Å². The molecule has 102 valence electrons. The van der Waals surface area contributed by atoms with Gasteiger partial charge in [-0.25, -0.2) is 4.98 Å². The number of H-pyrrole nitrogens is 1. The van der Waals surface area contributed by atoms with Gasteiger partial charge in [-0.1, -0.05) is 52.3 Å². The molecule has 3 nitrogen and oxygen atoms in total. The van der Waals surface area contributed by atoms with E-state index in [1.165, 1.54) is 10.8 Å². The number of nitrogens with zero attached hydrogens (tertiary/aromatic N) is 1. The van der Waals surface area contributed by atoms with Gasteiger partial charge in [0.15, 0.2) is 0 Å². The highest BCUT2D eigenvalue weighted by molar-refractivity contribution is 9.10. The Kier molecular flexibility index (Phi) is 2.72. The van der Waals surface area contributed by atoms with E-state index in [1.54, 1.807) is 0 Å². The van der Waals surface area contributed by atoms with Crippen molar-refractivity contribution in [1.82, 2.24) is 9.97 Å². The summed E-state index contributed by atoms with van der Waals surface area (Å²) in [7, 11) is 0. The van der Waals surface area contributed by atoms with Crippen molar-refractivity contribution >= 4 is 43.4 Å². The minimum atomic E-state index is 0.669. The van der Waals surface area contributed by atoms with E-state index in [1.807, 2.05) is 24.3 Å². The number of rotatable bonds is 1. The SMILES string of the molecule is Nc1cc(Br)cc2[nH]c(-c3ccc4ccccc4c3)nc12. The third-order valence-corrected chi connectivity index (χ3v) is 4.06. The number of benzene rings is 3. The summed E-state index contributed by atoms with van der Waals surface area (Å²) >= 11 is 3.45. The maximum absolute atomic E-state index is 6.03. The smallest absolute Gasteiger partial charge is 0.138 e. The lowest BCUT2D eigenvalue weighted by atomic mass is 10.1. The molecule has 0 saturated carbocycles. The number of imidazole rings is 1. The molecule has 0 amide bonds. The van der Waals surface area contributed by atoms with Crippen LogP contribution >= 0.6 is 15.9 Å². The predicted molar refractivity (Wildman–Crippen MR) is 91.1 cm³/mol. The average Bonchev–Trinajstić information content (AvgIpc) is 2.91. The molecule has 1 heterocycles. The Bertz CT molecular complexity index is 972. The van der Waals surface area contributed by atoms with Gasteiger partial charge in [0, 0.05) is 10.0 Å². The van der Waals surface area contributed by atoms with E-state index in [4.69, 9.17) is 5.73 Å². The van der Waals surface area contributed by atoms with Gasteiger partial charge >= 0.3 is 0 Å². The van der Waals surface area contributed by atoms with Crippen LogP contribution in [0.5, 0.6) is 0 Å². The molecule has 4 aromatic rings. The van der Waals surface area contributed by atoms with Crippen molar-refractivity contribution in [3.8, 4) is 11.4 Å². The summed E-state index contributed by atoms with van der Waals surface area (Å²) in [5, 5.41) is 2.42. The van der Waals surface area contributed by atoms with Crippen LogP contribution < -0.4 is 5.73 Å². The summed E-state index contributed by atoms with van der Waals surface area (Å²) in [6.45, 7) is 0. The van der Waals surface area contributed by atoms with Crippen molar-refractivity contribution in [3.05, 3.63) is 59.1 Å². The van der Waals surface area contributed by atoms with Gasteiger partial charge in [-0.05, 0) is 29.0 Å². The summed E-state index contributed by atoms with van der Waals surface area (Å²) < 4.78 is 0.946. The number of hydrogen-bond acceptors (Lipinski definition) is 2. The van der Waals surface area contributed by atoms with Crippen LogP contribution in [0, 0.1) is 0 Å². The van der Waals surface area contributed by atoms with E-state index < -0.39 is 0 Å². The van der Waals surface area contributed by atoms with E-state index >= 15 is 0 Å². The molecule has 4 heteroatoms. The van der Waals surface area contributed by atoms with Gasteiger partial charge in [0.05, 0.1) is 11.2 Å². The van der Waals surface area contributed by atoms with Crippen LogP contribution in [0.25, 0.3) is 33.2 Å². The summed E-state index contributed by atoms with van der Waals surface area (Å²) in [6, 6.07) is 18.5. The van der Waals surface area contributed by atoms with E-state index in [-0.39, 0.29) is 0 Å².